The summed E-state index contributed by atoms with van der Waals surface area (Å²) in [4.78, 5) is 16.3. The molecule has 1 heterocycles. The van der Waals surface area contributed by atoms with Gasteiger partial charge in [-0.2, -0.15) is 0 Å². The number of hydrogen-bond donors (Lipinski definition) is 1. The largest absolute Gasteiger partial charge is 0.449 e. The number of pyridine rings is 1. The number of hydrogen-bond acceptors (Lipinski definition) is 3. The Morgan fingerprint density at radius 3 is 2.38 bits per heavy atom. The van der Waals surface area contributed by atoms with E-state index in [1.807, 2.05) is 43.3 Å². The van der Waals surface area contributed by atoms with Crippen molar-refractivity contribution in [3.05, 3.63) is 89.2 Å². The minimum absolute atomic E-state index is 0.0700. The molecule has 29 heavy (non-hydrogen) atoms. The third-order valence-corrected chi connectivity index (χ3v) is 4.99. The summed E-state index contributed by atoms with van der Waals surface area (Å²) in [6.45, 7) is 2.75. The van der Waals surface area contributed by atoms with Crippen LogP contribution in [0.3, 0.4) is 0 Å². The maximum atomic E-state index is 12.1. The van der Waals surface area contributed by atoms with E-state index in [2.05, 4.69) is 46.4 Å². The smallest absolute Gasteiger partial charge is 0.407 e. The summed E-state index contributed by atoms with van der Waals surface area (Å²) in [7, 11) is 0. The highest BCUT2D eigenvalue weighted by molar-refractivity contribution is 5.79. The zero-order chi connectivity index (χ0) is 20.1. The van der Waals surface area contributed by atoms with Gasteiger partial charge in [-0.3, -0.25) is 0 Å². The number of rotatable bonds is 4. The number of nitrogens with one attached hydrogen (secondary N) is 1. The van der Waals surface area contributed by atoms with E-state index in [0.717, 1.165) is 11.3 Å². The lowest BCUT2D eigenvalue weighted by Gasteiger charge is -2.14. The molecule has 0 atom stereocenters. The zero-order valence-electron chi connectivity index (χ0n) is 16.3. The summed E-state index contributed by atoms with van der Waals surface area (Å²) in [5, 5.41) is 2.77. The summed E-state index contributed by atoms with van der Waals surface area (Å²) in [5.41, 5.74) is 6.69. The number of aromatic nitrogens is 1. The van der Waals surface area contributed by atoms with Crippen molar-refractivity contribution in [2.75, 3.05) is 13.2 Å². The molecule has 0 radical (unpaired) electrons. The molecule has 1 aliphatic carbocycles. The molecule has 1 N–H and O–H groups in total. The Kier molecular flexibility index (Phi) is 5.58. The van der Waals surface area contributed by atoms with Gasteiger partial charge in [0.25, 0.3) is 0 Å². The molecule has 4 nitrogen and oxygen atoms in total. The highest BCUT2D eigenvalue weighted by Gasteiger charge is 2.28. The molecule has 1 aromatic heterocycles. The number of fused-ring (bicyclic) bond motifs is 3. The van der Waals surface area contributed by atoms with E-state index in [1.165, 1.54) is 22.3 Å². The molecule has 0 saturated carbocycles. The van der Waals surface area contributed by atoms with E-state index < -0.39 is 6.09 Å². The maximum absolute atomic E-state index is 12.1. The summed E-state index contributed by atoms with van der Waals surface area (Å²) in [6, 6.07) is 20.5. The lowest BCUT2D eigenvalue weighted by Crippen LogP contribution is -2.26. The molecule has 0 fully saturated rings. The molecule has 0 bridgehead atoms. The Labute approximate surface area is 171 Å². The molecule has 0 spiro atoms. The number of aryl methyl sites for hydroxylation is 1. The predicted octanol–water partition coefficient (Wildman–Crippen LogP) is 4.67. The number of alkyl carbamates (subject to hydrolysis) is 1. The van der Waals surface area contributed by atoms with Crippen molar-refractivity contribution in [2.45, 2.75) is 19.3 Å². The summed E-state index contributed by atoms with van der Waals surface area (Å²) in [5.74, 6) is 6.08. The van der Waals surface area contributed by atoms with Crippen molar-refractivity contribution in [1.82, 2.24) is 10.3 Å². The van der Waals surface area contributed by atoms with Gasteiger partial charge in [0, 0.05) is 25.1 Å². The normalized spacial score (nSPS) is 11.8. The van der Waals surface area contributed by atoms with Crippen molar-refractivity contribution in [3.8, 4) is 23.0 Å². The number of amides is 1. The van der Waals surface area contributed by atoms with Crippen LogP contribution in [0, 0.1) is 18.8 Å². The number of carbonyl (C=O) groups is 1. The Morgan fingerprint density at radius 2 is 1.72 bits per heavy atom. The molecule has 3 aromatic rings. The van der Waals surface area contributed by atoms with Crippen molar-refractivity contribution in [3.63, 3.8) is 0 Å². The summed E-state index contributed by atoms with van der Waals surface area (Å²) < 4.78 is 5.51. The first kappa shape index (κ1) is 18.8. The van der Waals surface area contributed by atoms with E-state index in [-0.39, 0.29) is 5.92 Å². The minimum Gasteiger partial charge on any atom is -0.449 e. The molecular formula is C25H22N2O2. The van der Waals surface area contributed by atoms with E-state index in [0.29, 0.717) is 19.6 Å². The molecule has 144 valence electrons. The van der Waals surface area contributed by atoms with Crippen LogP contribution in [0.1, 0.15) is 34.7 Å². The van der Waals surface area contributed by atoms with Gasteiger partial charge in [-0.15, -0.1) is 0 Å². The highest BCUT2D eigenvalue weighted by Crippen LogP contribution is 2.44. The second-order valence-electron chi connectivity index (χ2n) is 7.02. The van der Waals surface area contributed by atoms with E-state index in [9.17, 15) is 4.79 Å². The van der Waals surface area contributed by atoms with Gasteiger partial charge >= 0.3 is 6.09 Å². The van der Waals surface area contributed by atoms with E-state index in [1.54, 1.807) is 6.20 Å². The van der Waals surface area contributed by atoms with Gasteiger partial charge in [0.05, 0.1) is 0 Å². The van der Waals surface area contributed by atoms with Gasteiger partial charge in [-0.1, -0.05) is 60.5 Å². The SMILES string of the molecule is Cc1ccc(C#CCCNC(=O)OCC2c3ccccc3-c3ccccc32)nc1. The molecule has 4 heteroatoms. The van der Waals surface area contributed by atoms with Crippen LogP contribution in [-0.2, 0) is 4.74 Å². The van der Waals surface area contributed by atoms with Crippen LogP contribution in [0.4, 0.5) is 4.79 Å². The fraction of sp³-hybridized carbons (Fsp3) is 0.200. The second kappa shape index (κ2) is 8.62. The Morgan fingerprint density at radius 1 is 1.03 bits per heavy atom. The molecular weight excluding hydrogens is 360 g/mol. The van der Waals surface area contributed by atoms with Crippen LogP contribution < -0.4 is 5.32 Å². The molecule has 0 unspecified atom stereocenters. The first-order chi connectivity index (χ1) is 14.2. The van der Waals surface area contributed by atoms with Crippen LogP contribution in [0.2, 0.25) is 0 Å². The van der Waals surface area contributed by atoms with Crippen LogP contribution >= 0.6 is 0 Å². The molecule has 0 saturated heterocycles. The minimum atomic E-state index is -0.415. The molecule has 2 aromatic carbocycles. The third kappa shape index (κ3) is 4.30. The Balaban J connectivity index is 1.29. The van der Waals surface area contributed by atoms with E-state index in [4.69, 9.17) is 4.74 Å². The van der Waals surface area contributed by atoms with Crippen LogP contribution in [0.5, 0.6) is 0 Å². The first-order valence-corrected chi connectivity index (χ1v) is 9.73. The predicted molar refractivity (Wildman–Crippen MR) is 114 cm³/mol. The lowest BCUT2D eigenvalue weighted by molar-refractivity contribution is 0.143. The van der Waals surface area contributed by atoms with Gasteiger partial charge in [0.1, 0.15) is 12.3 Å². The first-order valence-electron chi connectivity index (χ1n) is 9.73. The number of carbonyl (C=O) groups excluding carboxylic acids is 1. The maximum Gasteiger partial charge on any atom is 0.407 e. The van der Waals surface area contributed by atoms with Crippen molar-refractivity contribution in [1.29, 1.82) is 0 Å². The van der Waals surface area contributed by atoms with Gasteiger partial charge < -0.3 is 10.1 Å². The Hall–Kier alpha value is -3.58. The quantitative estimate of drug-likeness (QED) is 0.527. The monoisotopic (exact) mass is 382 g/mol. The van der Waals surface area contributed by atoms with Crippen molar-refractivity contribution in [2.24, 2.45) is 0 Å². The van der Waals surface area contributed by atoms with Crippen LogP contribution in [0.25, 0.3) is 11.1 Å². The number of nitrogens with zero attached hydrogens (tertiary/aromatic N) is 1. The second-order valence-corrected chi connectivity index (χ2v) is 7.02. The zero-order valence-corrected chi connectivity index (χ0v) is 16.3. The third-order valence-electron chi connectivity index (χ3n) is 4.99. The average Bonchev–Trinajstić information content (AvgIpc) is 3.07. The van der Waals surface area contributed by atoms with Gasteiger partial charge in [0.15, 0.2) is 0 Å². The fourth-order valence-corrected chi connectivity index (χ4v) is 3.57. The van der Waals surface area contributed by atoms with Gasteiger partial charge in [0.2, 0.25) is 0 Å². The molecule has 4 rings (SSSR count). The average molecular weight is 382 g/mol. The van der Waals surface area contributed by atoms with Crippen LogP contribution in [-0.4, -0.2) is 24.2 Å². The molecule has 1 aliphatic rings. The number of ether oxygens (including phenoxy) is 1. The van der Waals surface area contributed by atoms with Crippen molar-refractivity contribution >= 4 is 6.09 Å². The Bertz CT molecular complexity index is 1030. The van der Waals surface area contributed by atoms with Gasteiger partial charge in [-0.05, 0) is 46.7 Å². The van der Waals surface area contributed by atoms with E-state index >= 15 is 0 Å². The molecule has 1 amide bonds. The topological polar surface area (TPSA) is 51.2 Å². The summed E-state index contributed by atoms with van der Waals surface area (Å²) >= 11 is 0. The lowest BCUT2D eigenvalue weighted by atomic mass is 9.98. The van der Waals surface area contributed by atoms with Crippen LogP contribution in [0.15, 0.2) is 66.9 Å². The summed E-state index contributed by atoms with van der Waals surface area (Å²) in [6.07, 6.45) is 1.92. The fourth-order valence-electron chi connectivity index (χ4n) is 3.57. The van der Waals surface area contributed by atoms with Crippen molar-refractivity contribution < 1.29 is 9.53 Å². The highest BCUT2D eigenvalue weighted by atomic mass is 16.5. The van der Waals surface area contributed by atoms with Gasteiger partial charge in [-0.25, -0.2) is 9.78 Å². The molecule has 0 aliphatic heterocycles. The number of benzene rings is 2. The standard InChI is InChI=1S/C25H22N2O2/c1-18-13-14-19(27-16-18)8-6-7-15-26-25(28)29-17-24-22-11-4-2-9-20(22)21-10-3-5-12-23(21)24/h2-5,9-14,16,24H,7,15,17H2,1H3,(H,26,28).